The van der Waals surface area contributed by atoms with Gasteiger partial charge in [-0.3, -0.25) is 0 Å². The predicted octanol–water partition coefficient (Wildman–Crippen LogP) is 5.22. The summed E-state index contributed by atoms with van der Waals surface area (Å²) in [5, 5.41) is 0. The van der Waals surface area contributed by atoms with Crippen molar-refractivity contribution in [2.45, 2.75) is 91.3 Å². The Kier molecular flexibility index (Phi) is 4.12. The van der Waals surface area contributed by atoms with Crippen LogP contribution in [-0.4, -0.2) is 11.2 Å². The van der Waals surface area contributed by atoms with Crippen molar-refractivity contribution in [2.75, 3.05) is 0 Å². The molecule has 0 radical (unpaired) electrons. The molecule has 24 heavy (non-hydrogen) atoms. The standard InChI is InChI=1S/C20H30O4/c1-11-10-14-15(11)13-9-12(2)16(13)18(22-24-20(6,7)8)17(14)21-23-19(3,4)5/h11-12H,9-10H2,1-8H3. The van der Waals surface area contributed by atoms with Gasteiger partial charge >= 0.3 is 0 Å². The topological polar surface area (TPSA) is 36.9 Å². The van der Waals surface area contributed by atoms with Crippen LogP contribution in [0.3, 0.4) is 0 Å². The molecule has 0 aliphatic heterocycles. The molecule has 2 aliphatic carbocycles. The molecule has 0 aromatic heterocycles. The van der Waals surface area contributed by atoms with Gasteiger partial charge < -0.3 is 9.78 Å². The molecule has 0 amide bonds. The Labute approximate surface area is 145 Å². The molecule has 0 saturated carbocycles. The van der Waals surface area contributed by atoms with Crippen LogP contribution < -0.4 is 9.78 Å². The van der Waals surface area contributed by atoms with Gasteiger partial charge in [0.2, 0.25) is 11.5 Å². The first-order chi connectivity index (χ1) is 11.0. The van der Waals surface area contributed by atoms with Gasteiger partial charge in [-0.15, -0.1) is 0 Å². The number of benzene rings is 1. The van der Waals surface area contributed by atoms with Crippen LogP contribution in [0.2, 0.25) is 0 Å². The molecule has 0 spiro atoms. The zero-order valence-corrected chi connectivity index (χ0v) is 16.2. The number of fused-ring (bicyclic) bond motifs is 3. The van der Waals surface area contributed by atoms with E-state index in [2.05, 4.69) is 13.8 Å². The third kappa shape index (κ3) is 3.14. The summed E-state index contributed by atoms with van der Waals surface area (Å²) in [5.74, 6) is 2.44. The maximum atomic E-state index is 5.80. The monoisotopic (exact) mass is 334 g/mol. The van der Waals surface area contributed by atoms with E-state index >= 15 is 0 Å². The van der Waals surface area contributed by atoms with Crippen molar-refractivity contribution in [1.82, 2.24) is 0 Å². The van der Waals surface area contributed by atoms with Crippen LogP contribution in [0.25, 0.3) is 0 Å². The van der Waals surface area contributed by atoms with Gasteiger partial charge in [-0.1, -0.05) is 13.8 Å². The fourth-order valence-corrected chi connectivity index (χ4v) is 3.44. The summed E-state index contributed by atoms with van der Waals surface area (Å²) in [7, 11) is 0. The fraction of sp³-hybridized carbons (Fsp3) is 0.700. The van der Waals surface area contributed by atoms with Gasteiger partial charge in [0, 0.05) is 11.1 Å². The Balaban J connectivity index is 2.01. The van der Waals surface area contributed by atoms with Gasteiger partial charge in [0.05, 0.1) is 0 Å². The minimum atomic E-state index is -0.391. The summed E-state index contributed by atoms with van der Waals surface area (Å²) < 4.78 is 0. The molecule has 0 N–H and O–H groups in total. The van der Waals surface area contributed by atoms with Crippen LogP contribution >= 0.6 is 0 Å². The molecule has 4 nitrogen and oxygen atoms in total. The molecule has 1 aromatic carbocycles. The lowest BCUT2D eigenvalue weighted by molar-refractivity contribution is -0.293. The summed E-state index contributed by atoms with van der Waals surface area (Å²) in [5.41, 5.74) is 4.50. The fourth-order valence-electron chi connectivity index (χ4n) is 3.44. The summed E-state index contributed by atoms with van der Waals surface area (Å²) in [6.45, 7) is 16.3. The second kappa shape index (κ2) is 5.63. The lowest BCUT2D eigenvalue weighted by atomic mass is 9.65. The van der Waals surface area contributed by atoms with E-state index in [9.17, 15) is 0 Å². The predicted molar refractivity (Wildman–Crippen MR) is 93.6 cm³/mol. The first-order valence-corrected chi connectivity index (χ1v) is 8.91. The first kappa shape index (κ1) is 17.6. The summed E-state index contributed by atoms with van der Waals surface area (Å²) in [4.78, 5) is 22.8. The molecule has 0 heterocycles. The van der Waals surface area contributed by atoms with Crippen molar-refractivity contribution in [1.29, 1.82) is 0 Å². The van der Waals surface area contributed by atoms with Crippen LogP contribution in [0, 0.1) is 0 Å². The van der Waals surface area contributed by atoms with E-state index in [1.165, 1.54) is 22.3 Å². The van der Waals surface area contributed by atoms with Crippen LogP contribution in [-0.2, 0) is 22.6 Å². The summed E-state index contributed by atoms with van der Waals surface area (Å²) >= 11 is 0. The van der Waals surface area contributed by atoms with Crippen molar-refractivity contribution in [2.24, 2.45) is 0 Å². The molecular weight excluding hydrogens is 304 g/mol. The molecule has 1 aromatic rings. The highest BCUT2D eigenvalue weighted by Crippen LogP contribution is 2.57. The SMILES string of the molecule is CC1Cc2c(OOC(C)(C)C)c(OOC(C)(C)C)c3c(c21)CC3C. The Bertz CT molecular complexity index is 649. The van der Waals surface area contributed by atoms with Gasteiger partial charge in [-0.25, -0.2) is 0 Å². The molecular formula is C20H30O4. The van der Waals surface area contributed by atoms with E-state index < -0.39 is 5.60 Å². The van der Waals surface area contributed by atoms with Crippen molar-refractivity contribution in [3.05, 3.63) is 22.3 Å². The quantitative estimate of drug-likeness (QED) is 0.558. The summed E-state index contributed by atoms with van der Waals surface area (Å²) in [6, 6.07) is 0. The average molecular weight is 334 g/mol. The number of hydrogen-bond acceptors (Lipinski definition) is 4. The maximum absolute atomic E-state index is 5.80. The second-order valence-corrected chi connectivity index (χ2v) is 9.21. The normalized spacial score (nSPS) is 22.2. The molecule has 2 unspecified atom stereocenters. The van der Waals surface area contributed by atoms with Crippen molar-refractivity contribution >= 4 is 0 Å². The van der Waals surface area contributed by atoms with Crippen molar-refractivity contribution < 1.29 is 19.6 Å². The Morgan fingerprint density at radius 1 is 0.667 bits per heavy atom. The molecule has 4 heteroatoms. The Morgan fingerprint density at radius 3 is 1.58 bits per heavy atom. The maximum Gasteiger partial charge on any atom is 0.215 e. The average Bonchev–Trinajstić information content (AvgIpc) is 2.39. The number of hydrogen-bond donors (Lipinski definition) is 0. The van der Waals surface area contributed by atoms with Crippen molar-refractivity contribution in [3.8, 4) is 11.5 Å². The summed E-state index contributed by atoms with van der Waals surface area (Å²) in [6.07, 6.45) is 2.10. The number of rotatable bonds is 4. The molecule has 3 rings (SSSR count). The molecule has 0 fully saturated rings. The highest BCUT2D eigenvalue weighted by atomic mass is 17.2. The Hall–Kier alpha value is -1.26. The zero-order valence-electron chi connectivity index (χ0n) is 16.2. The van der Waals surface area contributed by atoms with E-state index in [0.29, 0.717) is 23.3 Å². The molecule has 2 atom stereocenters. The third-order valence-electron chi connectivity index (χ3n) is 4.46. The molecule has 0 saturated heterocycles. The lowest BCUT2D eigenvalue weighted by Gasteiger charge is -2.41. The molecule has 2 aliphatic rings. The van der Waals surface area contributed by atoms with Gasteiger partial charge in [-0.2, -0.15) is 9.78 Å². The van der Waals surface area contributed by atoms with Gasteiger partial charge in [0.1, 0.15) is 11.2 Å². The largest absolute Gasteiger partial charge is 0.333 e. The highest BCUT2D eigenvalue weighted by Gasteiger charge is 2.42. The van der Waals surface area contributed by atoms with E-state index in [0.717, 1.165) is 12.8 Å². The van der Waals surface area contributed by atoms with E-state index in [1.54, 1.807) is 0 Å². The molecule has 134 valence electrons. The first-order valence-electron chi connectivity index (χ1n) is 8.91. The van der Waals surface area contributed by atoms with E-state index in [1.807, 2.05) is 41.5 Å². The Morgan fingerprint density at radius 2 is 1.12 bits per heavy atom. The van der Waals surface area contributed by atoms with Gasteiger partial charge in [0.15, 0.2) is 0 Å². The lowest BCUT2D eigenvalue weighted by Crippen LogP contribution is -2.30. The van der Waals surface area contributed by atoms with Crippen LogP contribution in [0.5, 0.6) is 11.5 Å². The molecule has 0 bridgehead atoms. The zero-order chi connectivity index (χ0) is 17.9. The minimum absolute atomic E-state index is 0.390. The van der Waals surface area contributed by atoms with Crippen LogP contribution in [0.15, 0.2) is 0 Å². The van der Waals surface area contributed by atoms with E-state index in [-0.39, 0.29) is 5.60 Å². The smallest absolute Gasteiger partial charge is 0.215 e. The third-order valence-corrected chi connectivity index (χ3v) is 4.46. The highest BCUT2D eigenvalue weighted by molar-refractivity contribution is 5.68. The van der Waals surface area contributed by atoms with Crippen LogP contribution in [0.4, 0.5) is 0 Å². The minimum Gasteiger partial charge on any atom is -0.333 e. The van der Waals surface area contributed by atoms with Gasteiger partial charge in [-0.05, 0) is 77.3 Å². The van der Waals surface area contributed by atoms with Crippen LogP contribution in [0.1, 0.15) is 89.5 Å². The van der Waals surface area contributed by atoms with E-state index in [4.69, 9.17) is 19.6 Å². The second-order valence-electron chi connectivity index (χ2n) is 9.21. The van der Waals surface area contributed by atoms with Gasteiger partial charge in [0.25, 0.3) is 0 Å². The van der Waals surface area contributed by atoms with Crippen molar-refractivity contribution in [3.63, 3.8) is 0 Å².